The number of carbonyl (C=O) groups is 2. The maximum absolute atomic E-state index is 12.4. The third-order valence-corrected chi connectivity index (χ3v) is 5.50. The first-order chi connectivity index (χ1) is 13.6. The normalized spacial score (nSPS) is 10.8. The Balaban J connectivity index is 1.47. The highest BCUT2D eigenvalue weighted by molar-refractivity contribution is 7.98. The number of para-hydroxylation sites is 2. The van der Waals surface area contributed by atoms with Crippen molar-refractivity contribution in [2.75, 3.05) is 25.2 Å². The molecule has 1 aromatic heterocycles. The highest BCUT2D eigenvalue weighted by Crippen LogP contribution is 2.24. The second kappa shape index (κ2) is 9.46. The van der Waals surface area contributed by atoms with Crippen LogP contribution in [0.25, 0.3) is 10.9 Å². The zero-order valence-corrected chi connectivity index (χ0v) is 17.0. The van der Waals surface area contributed by atoms with Gasteiger partial charge in [0.25, 0.3) is 0 Å². The summed E-state index contributed by atoms with van der Waals surface area (Å²) in [6, 6.07) is 15.8. The van der Waals surface area contributed by atoms with E-state index in [9.17, 15) is 9.59 Å². The minimum atomic E-state index is -0.186. The number of thioether (sulfide) groups is 1. The highest BCUT2D eigenvalue weighted by Gasteiger charge is 2.14. The number of carbonyl (C=O) groups excluding carboxylic acids is 2. The fourth-order valence-corrected chi connectivity index (χ4v) is 3.75. The average molecular weight is 396 g/mol. The zero-order chi connectivity index (χ0) is 19.9. The first-order valence-electron chi connectivity index (χ1n) is 9.30. The Bertz CT molecular complexity index is 967. The van der Waals surface area contributed by atoms with Crippen LogP contribution in [-0.2, 0) is 16.0 Å². The molecule has 0 radical (unpaired) electrons. The third kappa shape index (κ3) is 4.95. The van der Waals surface area contributed by atoms with Gasteiger partial charge in [0.2, 0.25) is 11.8 Å². The van der Waals surface area contributed by atoms with Crippen LogP contribution in [0.1, 0.15) is 18.4 Å². The molecular weight excluding hydrogens is 370 g/mol. The molecule has 5 nitrogen and oxygen atoms in total. The van der Waals surface area contributed by atoms with Gasteiger partial charge in [0.05, 0.1) is 12.2 Å². The summed E-state index contributed by atoms with van der Waals surface area (Å²) in [5, 5.41) is 4.09. The smallest absolute Gasteiger partial charge is 0.244 e. The van der Waals surface area contributed by atoms with Crippen molar-refractivity contribution in [3.63, 3.8) is 0 Å². The molecule has 0 spiro atoms. The number of benzene rings is 2. The predicted molar refractivity (Wildman–Crippen MR) is 116 cm³/mol. The van der Waals surface area contributed by atoms with E-state index in [2.05, 4.69) is 16.4 Å². The summed E-state index contributed by atoms with van der Waals surface area (Å²) in [6.07, 6.45) is 5.98. The maximum Gasteiger partial charge on any atom is 0.244 e. The Labute approximate surface area is 169 Å². The molecule has 2 amide bonds. The van der Waals surface area contributed by atoms with Crippen molar-refractivity contribution in [1.29, 1.82) is 0 Å². The number of nitrogens with zero attached hydrogens (tertiary/aromatic N) is 1. The van der Waals surface area contributed by atoms with E-state index in [1.807, 2.05) is 54.9 Å². The Morgan fingerprint density at radius 3 is 2.68 bits per heavy atom. The van der Waals surface area contributed by atoms with Gasteiger partial charge in [-0.3, -0.25) is 9.59 Å². The molecule has 28 heavy (non-hydrogen) atoms. The standard InChI is InChI=1S/C22H25N3O2S/c1-25(15-21(26)24-19-11-5-6-12-20(19)28-2)22(27)13-7-8-16-14-23-18-10-4-3-9-17(16)18/h3-6,9-12,14,23H,7-8,13,15H2,1-2H3,(H,24,26). The lowest BCUT2D eigenvalue weighted by molar-refractivity contribution is -0.133. The minimum Gasteiger partial charge on any atom is -0.361 e. The number of aromatic nitrogens is 1. The van der Waals surface area contributed by atoms with Gasteiger partial charge in [-0.1, -0.05) is 30.3 Å². The van der Waals surface area contributed by atoms with E-state index in [0.29, 0.717) is 6.42 Å². The van der Waals surface area contributed by atoms with E-state index in [4.69, 9.17) is 0 Å². The number of hydrogen-bond donors (Lipinski definition) is 2. The van der Waals surface area contributed by atoms with Crippen LogP contribution in [-0.4, -0.2) is 41.5 Å². The number of likely N-dealkylation sites (N-methyl/N-ethyl adjacent to an activating group) is 1. The lowest BCUT2D eigenvalue weighted by Gasteiger charge is -2.17. The summed E-state index contributed by atoms with van der Waals surface area (Å²) < 4.78 is 0. The summed E-state index contributed by atoms with van der Waals surface area (Å²) in [4.78, 5) is 30.4. The van der Waals surface area contributed by atoms with Crippen LogP contribution in [0, 0.1) is 0 Å². The molecule has 146 valence electrons. The van der Waals surface area contributed by atoms with Gasteiger partial charge in [-0.05, 0) is 42.9 Å². The molecule has 0 unspecified atom stereocenters. The van der Waals surface area contributed by atoms with Crippen LogP contribution in [0.4, 0.5) is 5.69 Å². The molecule has 3 aromatic rings. The highest BCUT2D eigenvalue weighted by atomic mass is 32.2. The third-order valence-electron chi connectivity index (χ3n) is 4.70. The summed E-state index contributed by atoms with van der Waals surface area (Å²) in [5.41, 5.74) is 3.11. The predicted octanol–water partition coefficient (Wildman–Crippen LogP) is 4.31. The molecule has 0 aliphatic heterocycles. The molecule has 0 saturated carbocycles. The van der Waals surface area contributed by atoms with Crippen molar-refractivity contribution in [3.8, 4) is 0 Å². The van der Waals surface area contributed by atoms with Gasteiger partial charge in [0.1, 0.15) is 0 Å². The van der Waals surface area contributed by atoms with Crippen LogP contribution >= 0.6 is 11.8 Å². The van der Waals surface area contributed by atoms with Crippen LogP contribution < -0.4 is 5.32 Å². The molecule has 2 N–H and O–H groups in total. The number of H-pyrrole nitrogens is 1. The molecule has 0 bridgehead atoms. The van der Waals surface area contributed by atoms with Crippen LogP contribution in [0.3, 0.4) is 0 Å². The van der Waals surface area contributed by atoms with Crippen LogP contribution in [0.5, 0.6) is 0 Å². The van der Waals surface area contributed by atoms with E-state index in [-0.39, 0.29) is 18.4 Å². The molecule has 0 atom stereocenters. The Hall–Kier alpha value is -2.73. The van der Waals surface area contributed by atoms with Gasteiger partial charge in [-0.15, -0.1) is 11.8 Å². The van der Waals surface area contributed by atoms with E-state index in [1.54, 1.807) is 18.8 Å². The first-order valence-corrected chi connectivity index (χ1v) is 10.5. The molecule has 0 saturated heterocycles. The van der Waals surface area contributed by atoms with Crippen LogP contribution in [0.15, 0.2) is 59.6 Å². The Morgan fingerprint density at radius 1 is 1.11 bits per heavy atom. The molecule has 0 fully saturated rings. The van der Waals surface area contributed by atoms with Gasteiger partial charge >= 0.3 is 0 Å². The zero-order valence-electron chi connectivity index (χ0n) is 16.2. The maximum atomic E-state index is 12.4. The molecule has 6 heteroatoms. The van der Waals surface area contributed by atoms with Gasteiger partial charge in [0, 0.05) is 35.5 Å². The van der Waals surface area contributed by atoms with E-state index in [0.717, 1.165) is 28.9 Å². The largest absolute Gasteiger partial charge is 0.361 e. The molecule has 1 heterocycles. The minimum absolute atomic E-state index is 0.0202. The van der Waals surface area contributed by atoms with Crippen LogP contribution in [0.2, 0.25) is 0 Å². The number of rotatable bonds is 8. The quantitative estimate of drug-likeness (QED) is 0.559. The molecule has 0 aliphatic rings. The van der Waals surface area contributed by atoms with Crippen molar-refractivity contribution < 1.29 is 9.59 Å². The molecule has 0 aliphatic carbocycles. The molecular formula is C22H25N3O2S. The Morgan fingerprint density at radius 2 is 1.86 bits per heavy atom. The number of aromatic amines is 1. The fourth-order valence-electron chi connectivity index (χ4n) is 3.20. The van der Waals surface area contributed by atoms with Gasteiger partial charge in [-0.25, -0.2) is 0 Å². The summed E-state index contributed by atoms with van der Waals surface area (Å²) in [6.45, 7) is 0.0502. The Kier molecular flexibility index (Phi) is 6.76. The second-order valence-electron chi connectivity index (χ2n) is 6.71. The lowest BCUT2D eigenvalue weighted by Crippen LogP contribution is -2.34. The summed E-state index contributed by atoms with van der Waals surface area (Å²) in [7, 11) is 1.67. The molecule has 2 aromatic carbocycles. The number of amides is 2. The first kappa shape index (κ1) is 20.0. The second-order valence-corrected chi connectivity index (χ2v) is 7.56. The van der Waals surface area contributed by atoms with Gasteiger partial charge < -0.3 is 15.2 Å². The van der Waals surface area contributed by atoms with Crippen molar-refractivity contribution in [2.45, 2.75) is 24.2 Å². The number of hydrogen-bond acceptors (Lipinski definition) is 3. The number of nitrogens with one attached hydrogen (secondary N) is 2. The van der Waals surface area contributed by atoms with Crippen molar-refractivity contribution >= 4 is 40.2 Å². The van der Waals surface area contributed by atoms with Crippen molar-refractivity contribution in [3.05, 3.63) is 60.3 Å². The van der Waals surface area contributed by atoms with Gasteiger partial charge in [0.15, 0.2) is 0 Å². The average Bonchev–Trinajstić information content (AvgIpc) is 3.11. The van der Waals surface area contributed by atoms with Crippen molar-refractivity contribution in [2.24, 2.45) is 0 Å². The van der Waals surface area contributed by atoms with E-state index >= 15 is 0 Å². The monoisotopic (exact) mass is 395 g/mol. The lowest BCUT2D eigenvalue weighted by atomic mass is 10.1. The molecule has 3 rings (SSSR count). The van der Waals surface area contributed by atoms with E-state index in [1.165, 1.54) is 15.8 Å². The van der Waals surface area contributed by atoms with E-state index < -0.39 is 0 Å². The SMILES string of the molecule is CSc1ccccc1NC(=O)CN(C)C(=O)CCCc1c[nH]c2ccccc12. The topological polar surface area (TPSA) is 65.2 Å². The number of aryl methyl sites for hydroxylation is 1. The number of anilines is 1. The van der Waals surface area contributed by atoms with Crippen molar-refractivity contribution in [1.82, 2.24) is 9.88 Å². The fraction of sp³-hybridized carbons (Fsp3) is 0.273. The van der Waals surface area contributed by atoms with Gasteiger partial charge in [-0.2, -0.15) is 0 Å². The summed E-state index contributed by atoms with van der Waals surface area (Å²) >= 11 is 1.58. The number of fused-ring (bicyclic) bond motifs is 1. The summed E-state index contributed by atoms with van der Waals surface area (Å²) in [5.74, 6) is -0.206.